The molecule has 1 aliphatic rings. The van der Waals surface area contributed by atoms with E-state index in [1.165, 1.54) is 36.1 Å². The standard InChI is InChI=1S/C32H44N2O3S/c1-5-9-10-13-20-38-29-22-28-27(32(6-2,7-3)18-19-37-28)21-26(29)17-16-25-23-33-30(34-24-25)14-11-12-15-31(35)36-8-4/h21-24H,5-15,18-20H2,1-4H3. The molecule has 0 saturated heterocycles. The van der Waals surface area contributed by atoms with Gasteiger partial charge in [0, 0.05) is 46.7 Å². The van der Waals surface area contributed by atoms with Crippen LogP contribution in [-0.4, -0.2) is 34.9 Å². The van der Waals surface area contributed by atoms with Gasteiger partial charge in [0.25, 0.3) is 0 Å². The number of carbonyl (C=O) groups excluding carboxylic acids is 1. The quantitative estimate of drug-likeness (QED) is 0.107. The van der Waals surface area contributed by atoms with Gasteiger partial charge in [-0.1, -0.05) is 51.9 Å². The van der Waals surface area contributed by atoms with E-state index in [1.54, 1.807) is 0 Å². The van der Waals surface area contributed by atoms with Crippen LogP contribution in [0.4, 0.5) is 0 Å². The molecule has 2 aromatic rings. The number of hydrogen-bond acceptors (Lipinski definition) is 6. The van der Waals surface area contributed by atoms with Gasteiger partial charge in [-0.05, 0) is 63.3 Å². The third kappa shape index (κ3) is 8.50. The Labute approximate surface area is 233 Å². The number of benzene rings is 1. The number of esters is 1. The Morgan fingerprint density at radius 1 is 1.03 bits per heavy atom. The molecular formula is C32H44N2O3S. The molecule has 6 heteroatoms. The molecule has 2 heterocycles. The average molecular weight is 537 g/mol. The summed E-state index contributed by atoms with van der Waals surface area (Å²) in [6.07, 6.45) is 14.7. The van der Waals surface area contributed by atoms with Gasteiger partial charge >= 0.3 is 5.97 Å². The van der Waals surface area contributed by atoms with Crippen LogP contribution in [0.5, 0.6) is 5.75 Å². The molecule has 0 fully saturated rings. The summed E-state index contributed by atoms with van der Waals surface area (Å²) in [5.74, 6) is 9.55. The van der Waals surface area contributed by atoms with Crippen molar-refractivity contribution >= 4 is 17.7 Å². The maximum absolute atomic E-state index is 11.5. The van der Waals surface area contributed by atoms with Gasteiger partial charge in [-0.25, -0.2) is 9.97 Å². The largest absolute Gasteiger partial charge is 0.493 e. The Bertz CT molecular complexity index is 1080. The monoisotopic (exact) mass is 536 g/mol. The lowest BCUT2D eigenvalue weighted by Crippen LogP contribution is -2.32. The Kier molecular flexibility index (Phi) is 12.5. The molecule has 0 bridgehead atoms. The highest BCUT2D eigenvalue weighted by Gasteiger charge is 2.35. The molecule has 0 radical (unpaired) electrons. The molecule has 1 aromatic heterocycles. The first-order valence-electron chi connectivity index (χ1n) is 14.5. The van der Waals surface area contributed by atoms with Gasteiger partial charge in [0.15, 0.2) is 0 Å². The number of rotatable bonds is 14. The summed E-state index contributed by atoms with van der Waals surface area (Å²) >= 11 is 1.89. The van der Waals surface area contributed by atoms with E-state index in [9.17, 15) is 4.79 Å². The van der Waals surface area contributed by atoms with Crippen LogP contribution in [0.1, 0.15) is 114 Å². The zero-order valence-electron chi connectivity index (χ0n) is 23.7. The van der Waals surface area contributed by atoms with Gasteiger partial charge in [-0.3, -0.25) is 4.79 Å². The van der Waals surface area contributed by atoms with Gasteiger partial charge in [0.1, 0.15) is 11.6 Å². The second-order valence-corrected chi connectivity index (χ2v) is 11.1. The minimum atomic E-state index is -0.138. The summed E-state index contributed by atoms with van der Waals surface area (Å²) in [4.78, 5) is 21.7. The zero-order chi connectivity index (χ0) is 27.2. The Morgan fingerprint density at radius 2 is 1.82 bits per heavy atom. The summed E-state index contributed by atoms with van der Waals surface area (Å²) < 4.78 is 11.1. The van der Waals surface area contributed by atoms with Crippen molar-refractivity contribution in [3.8, 4) is 17.6 Å². The highest BCUT2D eigenvalue weighted by atomic mass is 32.2. The summed E-state index contributed by atoms with van der Waals surface area (Å²) in [7, 11) is 0. The third-order valence-corrected chi connectivity index (χ3v) is 8.63. The minimum Gasteiger partial charge on any atom is -0.493 e. The second-order valence-electron chi connectivity index (χ2n) is 9.99. The number of aromatic nitrogens is 2. The highest BCUT2D eigenvalue weighted by Crippen LogP contribution is 2.46. The van der Waals surface area contributed by atoms with E-state index >= 15 is 0 Å². The number of thioether (sulfide) groups is 1. The first kappa shape index (κ1) is 30.0. The van der Waals surface area contributed by atoms with Crippen molar-refractivity contribution in [1.82, 2.24) is 9.97 Å². The number of nitrogens with zero attached hydrogens (tertiary/aromatic N) is 2. The van der Waals surface area contributed by atoms with Crippen LogP contribution in [0.25, 0.3) is 0 Å². The number of aryl methyl sites for hydroxylation is 1. The van der Waals surface area contributed by atoms with Crippen LogP contribution in [-0.2, 0) is 21.4 Å². The highest BCUT2D eigenvalue weighted by molar-refractivity contribution is 7.99. The molecule has 0 N–H and O–H groups in total. The number of ether oxygens (including phenoxy) is 2. The lowest BCUT2D eigenvalue weighted by molar-refractivity contribution is -0.143. The molecule has 0 unspecified atom stereocenters. The molecule has 1 aliphatic heterocycles. The number of fused-ring (bicyclic) bond motifs is 1. The van der Waals surface area contributed by atoms with Gasteiger partial charge < -0.3 is 9.47 Å². The Morgan fingerprint density at radius 3 is 2.53 bits per heavy atom. The lowest BCUT2D eigenvalue weighted by atomic mass is 9.71. The summed E-state index contributed by atoms with van der Waals surface area (Å²) in [6, 6.07) is 4.53. The molecule has 38 heavy (non-hydrogen) atoms. The maximum Gasteiger partial charge on any atom is 0.305 e. The molecule has 206 valence electrons. The van der Waals surface area contributed by atoms with E-state index in [0.29, 0.717) is 13.0 Å². The fourth-order valence-electron chi connectivity index (χ4n) is 4.97. The van der Waals surface area contributed by atoms with Gasteiger partial charge in [-0.2, -0.15) is 0 Å². The molecule has 3 rings (SSSR count). The summed E-state index contributed by atoms with van der Waals surface area (Å²) in [5.41, 5.74) is 3.35. The van der Waals surface area contributed by atoms with Crippen LogP contribution in [0.15, 0.2) is 29.4 Å². The van der Waals surface area contributed by atoms with Crippen LogP contribution >= 0.6 is 11.8 Å². The SMILES string of the molecule is CCCCCCSc1cc2c(cc1C#Cc1cnc(CCCCC(=O)OCC)nc1)C(CC)(CC)CCO2. The van der Waals surface area contributed by atoms with Crippen molar-refractivity contribution in [1.29, 1.82) is 0 Å². The zero-order valence-corrected chi connectivity index (χ0v) is 24.6. The van der Waals surface area contributed by atoms with E-state index in [-0.39, 0.29) is 11.4 Å². The fraction of sp³-hybridized carbons (Fsp3) is 0.594. The first-order chi connectivity index (χ1) is 18.5. The first-order valence-corrected chi connectivity index (χ1v) is 15.5. The Balaban J connectivity index is 1.75. The van der Waals surface area contributed by atoms with E-state index in [1.807, 2.05) is 31.1 Å². The molecule has 0 saturated carbocycles. The summed E-state index contributed by atoms with van der Waals surface area (Å²) in [5, 5.41) is 0. The Hall–Kier alpha value is -2.52. The topological polar surface area (TPSA) is 61.3 Å². The molecule has 0 atom stereocenters. The third-order valence-electron chi connectivity index (χ3n) is 7.48. The van der Waals surface area contributed by atoms with Crippen molar-refractivity contribution in [2.24, 2.45) is 0 Å². The molecule has 0 amide bonds. The van der Waals surface area contributed by atoms with Crippen molar-refractivity contribution in [3.63, 3.8) is 0 Å². The van der Waals surface area contributed by atoms with Crippen LogP contribution in [0.2, 0.25) is 0 Å². The number of hydrogen-bond donors (Lipinski definition) is 0. The number of carbonyl (C=O) groups is 1. The minimum absolute atomic E-state index is 0.138. The van der Waals surface area contributed by atoms with Gasteiger partial charge in [0.2, 0.25) is 0 Å². The predicted molar refractivity (Wildman–Crippen MR) is 156 cm³/mol. The van der Waals surface area contributed by atoms with Gasteiger partial charge in [0.05, 0.1) is 18.8 Å². The smallest absolute Gasteiger partial charge is 0.305 e. The van der Waals surface area contributed by atoms with E-state index in [2.05, 4.69) is 54.7 Å². The van der Waals surface area contributed by atoms with Crippen LogP contribution in [0, 0.1) is 11.8 Å². The second kappa shape index (κ2) is 15.8. The number of unbranched alkanes of at least 4 members (excludes halogenated alkanes) is 4. The normalized spacial score (nSPS) is 13.7. The predicted octanol–water partition coefficient (Wildman–Crippen LogP) is 7.67. The van der Waals surface area contributed by atoms with Crippen molar-refractivity contribution in [2.75, 3.05) is 19.0 Å². The van der Waals surface area contributed by atoms with E-state index < -0.39 is 0 Å². The van der Waals surface area contributed by atoms with Crippen molar-refractivity contribution < 1.29 is 14.3 Å². The maximum atomic E-state index is 11.5. The van der Waals surface area contributed by atoms with E-state index in [4.69, 9.17) is 9.47 Å². The molecule has 5 nitrogen and oxygen atoms in total. The fourth-order valence-corrected chi connectivity index (χ4v) is 6.00. The van der Waals surface area contributed by atoms with Crippen LogP contribution in [0.3, 0.4) is 0 Å². The van der Waals surface area contributed by atoms with Gasteiger partial charge in [-0.15, -0.1) is 11.8 Å². The van der Waals surface area contributed by atoms with Crippen molar-refractivity contribution in [2.45, 2.75) is 109 Å². The summed E-state index contributed by atoms with van der Waals surface area (Å²) in [6.45, 7) is 9.87. The molecule has 0 aliphatic carbocycles. The van der Waals surface area contributed by atoms with E-state index in [0.717, 1.165) is 73.6 Å². The lowest BCUT2D eigenvalue weighted by Gasteiger charge is -2.38. The molecular weight excluding hydrogens is 492 g/mol. The molecule has 0 spiro atoms. The average Bonchev–Trinajstić information content (AvgIpc) is 2.94. The van der Waals surface area contributed by atoms with Crippen molar-refractivity contribution in [3.05, 3.63) is 47.0 Å². The molecule has 1 aromatic carbocycles. The van der Waals surface area contributed by atoms with Crippen LogP contribution < -0.4 is 4.74 Å².